The molecule has 0 unspecified atom stereocenters. The molecule has 0 spiro atoms. The van der Waals surface area contributed by atoms with Gasteiger partial charge in [0, 0.05) is 21.4 Å². The molecule has 0 bridgehead atoms. The van der Waals surface area contributed by atoms with E-state index in [4.69, 9.17) is 4.74 Å². The summed E-state index contributed by atoms with van der Waals surface area (Å²) in [7, 11) is -3.09. The second-order valence-electron chi connectivity index (χ2n) is 9.14. The van der Waals surface area contributed by atoms with E-state index >= 15 is 0 Å². The summed E-state index contributed by atoms with van der Waals surface area (Å²) in [6.07, 6.45) is 9.04. The molecule has 4 nitrogen and oxygen atoms in total. The first kappa shape index (κ1) is 30.1. The predicted molar refractivity (Wildman–Crippen MR) is 150 cm³/mol. The van der Waals surface area contributed by atoms with E-state index in [0.29, 0.717) is 5.76 Å². The molecular formula is C26H39IO4S2. The van der Waals surface area contributed by atoms with Gasteiger partial charge in [0.15, 0.2) is 15.6 Å². The molecule has 0 N–H and O–H groups in total. The monoisotopic (exact) mass is 606 g/mol. The predicted octanol–water partition coefficient (Wildman–Crippen LogP) is 7.25. The molecule has 0 radical (unpaired) electrons. The fourth-order valence-electron chi connectivity index (χ4n) is 3.78. The van der Waals surface area contributed by atoms with Crippen LogP contribution in [0.15, 0.2) is 41.2 Å². The maximum Gasteiger partial charge on any atom is 0.185 e. The summed E-state index contributed by atoms with van der Waals surface area (Å²) in [5.41, 5.74) is 3.00. The van der Waals surface area contributed by atoms with Gasteiger partial charge in [-0.2, -0.15) is 0 Å². The normalized spacial score (nSPS) is 14.5. The first-order chi connectivity index (χ1) is 15.1. The van der Waals surface area contributed by atoms with E-state index in [9.17, 15) is 13.2 Å². The zero-order chi connectivity index (χ0) is 25.6. The lowest BCUT2D eigenvalue weighted by Crippen LogP contribution is -2.28. The van der Waals surface area contributed by atoms with Crippen LogP contribution in [0, 0.1) is 6.92 Å². The van der Waals surface area contributed by atoms with Crippen LogP contribution in [-0.2, 0) is 30.5 Å². The molecule has 0 saturated heterocycles. The largest absolute Gasteiger partial charge is 0.486 e. The van der Waals surface area contributed by atoms with Gasteiger partial charge in [0.2, 0.25) is 0 Å². The minimum atomic E-state index is -3.09. The molecule has 0 aliphatic heterocycles. The van der Waals surface area contributed by atoms with Gasteiger partial charge in [-0.1, -0.05) is 54.2 Å². The van der Waals surface area contributed by atoms with Crippen molar-refractivity contribution in [2.24, 2.45) is 0 Å². The van der Waals surface area contributed by atoms with Crippen molar-refractivity contribution in [1.82, 2.24) is 0 Å². The van der Waals surface area contributed by atoms with Gasteiger partial charge < -0.3 is 4.74 Å². The minimum absolute atomic E-state index is 0.0332. The number of thiophene rings is 1. The number of carbonyl (C=O) groups is 1. The summed E-state index contributed by atoms with van der Waals surface area (Å²) in [4.78, 5) is 14.5. The molecule has 0 aromatic carbocycles. The van der Waals surface area contributed by atoms with E-state index in [1.807, 2.05) is 46.8 Å². The molecule has 0 fully saturated rings. The van der Waals surface area contributed by atoms with Gasteiger partial charge in [0.1, 0.15) is 12.4 Å². The lowest BCUT2D eigenvalue weighted by atomic mass is 9.74. The highest BCUT2D eigenvalue weighted by molar-refractivity contribution is 14.1. The van der Waals surface area contributed by atoms with E-state index in [2.05, 4.69) is 55.5 Å². The second kappa shape index (κ2) is 12.2. The average molecular weight is 607 g/mol. The zero-order valence-corrected chi connectivity index (χ0v) is 25.3. The number of alkyl halides is 1. The van der Waals surface area contributed by atoms with Crippen molar-refractivity contribution in [1.29, 1.82) is 0 Å². The van der Waals surface area contributed by atoms with E-state index in [1.165, 1.54) is 16.7 Å². The van der Waals surface area contributed by atoms with Crippen LogP contribution in [0.5, 0.6) is 0 Å². The number of Topliss-reactive ketones (excluding diaryl/α,β-unsaturated/α-hetero) is 1. The molecular weight excluding hydrogens is 567 g/mol. The number of sulfone groups is 1. The van der Waals surface area contributed by atoms with E-state index < -0.39 is 13.3 Å². The number of ketones is 1. The van der Waals surface area contributed by atoms with Crippen LogP contribution in [0.4, 0.5) is 0 Å². The van der Waals surface area contributed by atoms with Crippen molar-refractivity contribution in [3.05, 3.63) is 56.5 Å². The Kier molecular flexibility index (Phi) is 11.1. The standard InChI is InChI=1S/C26H39IO4S2/c1-10-13-21(31-16-23(28)25(7,8)27)18(4)14-20(6)26(11-2,12-3)24-15-19(5)22(32-24)17-33(9,29)30/h10,13-15H,11-12,16-17H2,1-9H3/b13-10-,20-14+,21-18+. The molecule has 1 heterocycles. The Balaban J connectivity index is 3.44. The molecule has 1 aromatic heterocycles. The van der Waals surface area contributed by atoms with Gasteiger partial charge >= 0.3 is 0 Å². The van der Waals surface area contributed by atoms with Gasteiger partial charge in [-0.15, -0.1) is 11.3 Å². The van der Waals surface area contributed by atoms with Gasteiger partial charge in [0.25, 0.3) is 0 Å². The van der Waals surface area contributed by atoms with E-state index in [1.54, 1.807) is 11.3 Å². The number of aryl methyl sites for hydroxylation is 1. The first-order valence-corrected chi connectivity index (χ1v) is 15.2. The third-order valence-corrected chi connectivity index (χ3v) is 9.05. The minimum Gasteiger partial charge on any atom is -0.486 e. The number of allylic oxidation sites excluding steroid dienone is 5. The van der Waals surface area contributed by atoms with E-state index in [-0.39, 0.29) is 23.6 Å². The highest BCUT2D eigenvalue weighted by Gasteiger charge is 2.33. The van der Waals surface area contributed by atoms with Gasteiger partial charge in [-0.25, -0.2) is 8.42 Å². The lowest BCUT2D eigenvalue weighted by Gasteiger charge is -2.32. The SMILES string of the molecule is C\C=C/C(OCC(=O)C(C)(C)I)=C(C)\C=C(/C)C(CC)(CC)c1cc(C)c(CS(C)(=O)=O)s1. The van der Waals surface area contributed by atoms with E-state index in [0.717, 1.165) is 28.9 Å². The van der Waals surface area contributed by atoms with Crippen molar-refractivity contribution >= 4 is 49.5 Å². The first-order valence-electron chi connectivity index (χ1n) is 11.3. The molecule has 0 amide bonds. The molecule has 33 heavy (non-hydrogen) atoms. The van der Waals surface area contributed by atoms with Crippen LogP contribution in [0.1, 0.15) is 76.6 Å². The average Bonchev–Trinajstić information content (AvgIpc) is 3.04. The van der Waals surface area contributed by atoms with Crippen LogP contribution in [0.2, 0.25) is 0 Å². The topological polar surface area (TPSA) is 60.4 Å². The number of carbonyl (C=O) groups excluding carboxylic acids is 1. The molecule has 0 aliphatic carbocycles. The van der Waals surface area contributed by atoms with Crippen molar-refractivity contribution in [2.75, 3.05) is 12.9 Å². The van der Waals surface area contributed by atoms with Crippen molar-refractivity contribution in [3.8, 4) is 0 Å². The number of hydrogen-bond acceptors (Lipinski definition) is 5. The van der Waals surface area contributed by atoms with Crippen molar-refractivity contribution in [3.63, 3.8) is 0 Å². The smallest absolute Gasteiger partial charge is 0.185 e. The summed E-state index contributed by atoms with van der Waals surface area (Å²) in [6, 6.07) is 2.15. The Morgan fingerprint density at radius 2 is 1.79 bits per heavy atom. The molecule has 7 heteroatoms. The number of ether oxygens (including phenoxy) is 1. The fourth-order valence-corrected chi connectivity index (χ4v) is 6.88. The molecule has 0 saturated carbocycles. The third-order valence-electron chi connectivity index (χ3n) is 6.01. The summed E-state index contributed by atoms with van der Waals surface area (Å²) in [6.45, 7) is 16.2. The Hall–Kier alpha value is -0.930. The quantitative estimate of drug-likeness (QED) is 0.109. The third kappa shape index (κ3) is 8.35. The Morgan fingerprint density at radius 1 is 1.21 bits per heavy atom. The maximum atomic E-state index is 12.4. The number of halogens is 1. The van der Waals surface area contributed by atoms with Crippen LogP contribution < -0.4 is 0 Å². The van der Waals surface area contributed by atoms with Crippen molar-refractivity contribution in [2.45, 2.75) is 82.8 Å². The molecule has 0 atom stereocenters. The second-order valence-corrected chi connectivity index (χ2v) is 15.1. The number of rotatable bonds is 12. The molecule has 0 aliphatic rings. The maximum absolute atomic E-state index is 12.4. The summed E-state index contributed by atoms with van der Waals surface area (Å²) >= 11 is 3.74. The Morgan fingerprint density at radius 3 is 2.24 bits per heavy atom. The van der Waals surface area contributed by atoms with Gasteiger partial charge in [-0.3, -0.25) is 4.79 Å². The van der Waals surface area contributed by atoms with Gasteiger partial charge in [-0.05, 0) is 77.7 Å². The summed E-state index contributed by atoms with van der Waals surface area (Å²) in [5, 5.41) is 0. The number of hydrogen-bond donors (Lipinski definition) is 0. The molecule has 1 rings (SSSR count). The Bertz CT molecular complexity index is 1030. The van der Waals surface area contributed by atoms with Crippen LogP contribution in [0.25, 0.3) is 0 Å². The summed E-state index contributed by atoms with van der Waals surface area (Å²) in [5.74, 6) is 0.810. The highest BCUT2D eigenvalue weighted by Crippen LogP contribution is 2.44. The molecule has 186 valence electrons. The fraction of sp³-hybridized carbons (Fsp3) is 0.577. The molecule has 1 aromatic rings. The van der Waals surface area contributed by atoms with Crippen molar-refractivity contribution < 1.29 is 17.9 Å². The summed E-state index contributed by atoms with van der Waals surface area (Å²) < 4.78 is 29.2. The zero-order valence-electron chi connectivity index (χ0n) is 21.5. The lowest BCUT2D eigenvalue weighted by molar-refractivity contribution is -0.123. The van der Waals surface area contributed by atoms with Crippen LogP contribution in [-0.4, -0.2) is 30.5 Å². The highest BCUT2D eigenvalue weighted by atomic mass is 127. The Labute approximate surface area is 218 Å². The van der Waals surface area contributed by atoms with Crippen LogP contribution in [0.3, 0.4) is 0 Å². The van der Waals surface area contributed by atoms with Crippen LogP contribution >= 0.6 is 33.9 Å². The van der Waals surface area contributed by atoms with Gasteiger partial charge in [0.05, 0.1) is 9.17 Å².